The van der Waals surface area contributed by atoms with Crippen LogP contribution in [0.25, 0.3) is 12.2 Å². The second-order valence-electron chi connectivity index (χ2n) is 2.61. The number of H-pyrrole nitrogens is 1. The van der Waals surface area contributed by atoms with Crippen LogP contribution in [-0.4, -0.2) is 10.9 Å². The van der Waals surface area contributed by atoms with E-state index >= 15 is 0 Å². The first-order chi connectivity index (χ1) is 6.19. The van der Waals surface area contributed by atoms with Gasteiger partial charge >= 0.3 is 0 Å². The van der Waals surface area contributed by atoms with Crippen LogP contribution in [0, 0.1) is 0 Å². The number of primary amides is 1. The molecule has 1 aromatic rings. The van der Waals surface area contributed by atoms with E-state index < -0.39 is 5.91 Å². The molecule has 1 heterocycles. The smallest absolute Gasteiger partial charge is 0.265 e. The van der Waals surface area contributed by atoms with Gasteiger partial charge < -0.3 is 10.7 Å². The molecule has 0 aliphatic rings. The van der Waals surface area contributed by atoms with Crippen molar-refractivity contribution in [1.29, 1.82) is 0 Å². The Hall–Kier alpha value is -1.77. The van der Waals surface area contributed by atoms with Crippen LogP contribution in [0.4, 0.5) is 0 Å². The van der Waals surface area contributed by atoms with E-state index in [-0.39, 0.29) is 0 Å². The van der Waals surface area contributed by atoms with Crippen LogP contribution in [0.1, 0.15) is 17.4 Å². The van der Waals surface area contributed by atoms with Gasteiger partial charge in [-0.3, -0.25) is 4.79 Å². The summed E-state index contributed by atoms with van der Waals surface area (Å²) in [6.07, 6.45) is 5.35. The molecule has 3 heteroatoms. The third-order valence-corrected chi connectivity index (χ3v) is 1.74. The Kier molecular flexibility index (Phi) is 2.69. The fourth-order valence-corrected chi connectivity index (χ4v) is 1.11. The van der Waals surface area contributed by atoms with Crippen LogP contribution in [0.3, 0.4) is 0 Å². The number of nitrogens with one attached hydrogen (secondary N) is 1. The predicted octanol–water partition coefficient (Wildman–Crippen LogP) is -0.120. The zero-order valence-corrected chi connectivity index (χ0v) is 7.50. The predicted molar refractivity (Wildman–Crippen MR) is 53.4 cm³/mol. The van der Waals surface area contributed by atoms with Gasteiger partial charge in [-0.25, -0.2) is 0 Å². The van der Waals surface area contributed by atoms with Crippen molar-refractivity contribution in [3.8, 4) is 0 Å². The molecule has 0 bridgehead atoms. The Balaban J connectivity index is 3.46. The molecule has 13 heavy (non-hydrogen) atoms. The topological polar surface area (TPSA) is 58.9 Å². The Morgan fingerprint density at radius 2 is 2.38 bits per heavy atom. The van der Waals surface area contributed by atoms with E-state index in [2.05, 4.69) is 11.6 Å². The van der Waals surface area contributed by atoms with E-state index in [1.54, 1.807) is 18.2 Å². The molecule has 1 rings (SSSR count). The monoisotopic (exact) mass is 176 g/mol. The van der Waals surface area contributed by atoms with Gasteiger partial charge in [0.15, 0.2) is 0 Å². The summed E-state index contributed by atoms with van der Waals surface area (Å²) in [5, 5.41) is 1.81. The highest BCUT2D eigenvalue weighted by Crippen LogP contribution is 1.83. The van der Waals surface area contributed by atoms with Crippen LogP contribution in [0.15, 0.2) is 18.7 Å². The van der Waals surface area contributed by atoms with Gasteiger partial charge in [0.05, 0.1) is 0 Å². The molecule has 0 saturated carbocycles. The van der Waals surface area contributed by atoms with Crippen LogP contribution >= 0.6 is 0 Å². The maximum absolute atomic E-state index is 10.8. The molecule has 0 aromatic carbocycles. The van der Waals surface area contributed by atoms with Gasteiger partial charge in [-0.05, 0) is 24.3 Å². The fourth-order valence-electron chi connectivity index (χ4n) is 1.11. The van der Waals surface area contributed by atoms with E-state index in [4.69, 9.17) is 5.73 Å². The molecule has 0 spiro atoms. The number of carbonyl (C=O) groups is 1. The number of aromatic nitrogens is 1. The summed E-state index contributed by atoms with van der Waals surface area (Å²) in [7, 11) is 0. The van der Waals surface area contributed by atoms with Crippen molar-refractivity contribution in [1.82, 2.24) is 4.98 Å². The van der Waals surface area contributed by atoms with Gasteiger partial charge in [0.25, 0.3) is 5.91 Å². The summed E-state index contributed by atoms with van der Waals surface area (Å²) >= 11 is 0. The molecule has 0 aliphatic heterocycles. The highest BCUT2D eigenvalue weighted by Gasteiger charge is 2.00. The van der Waals surface area contributed by atoms with Crippen LogP contribution in [-0.2, 0) is 0 Å². The number of hydrogen-bond donors (Lipinski definition) is 2. The van der Waals surface area contributed by atoms with Crippen LogP contribution < -0.4 is 16.3 Å². The maximum Gasteiger partial charge on any atom is 0.265 e. The van der Waals surface area contributed by atoms with Gasteiger partial charge in [-0.15, -0.1) is 0 Å². The van der Waals surface area contributed by atoms with Gasteiger partial charge in [0.1, 0.15) is 5.69 Å². The lowest BCUT2D eigenvalue weighted by atomic mass is 10.3. The summed E-state index contributed by atoms with van der Waals surface area (Å²) < 4.78 is 0. The highest BCUT2D eigenvalue weighted by atomic mass is 16.1. The van der Waals surface area contributed by atoms with Crippen molar-refractivity contribution < 1.29 is 4.79 Å². The fraction of sp³-hybridized carbons (Fsp3) is 0.100. The third-order valence-electron chi connectivity index (χ3n) is 1.74. The number of allylic oxidation sites excluding steroid dienone is 1. The molecule has 0 saturated heterocycles. The average molecular weight is 176 g/mol. The Labute approximate surface area is 76.3 Å². The molecule has 1 aromatic heterocycles. The molecular formula is C10H12N2O. The first-order valence-electron chi connectivity index (χ1n) is 3.97. The van der Waals surface area contributed by atoms with Crippen molar-refractivity contribution in [2.45, 2.75) is 6.92 Å². The summed E-state index contributed by atoms with van der Waals surface area (Å²) in [5.41, 5.74) is 5.54. The second kappa shape index (κ2) is 3.76. The number of nitrogens with two attached hydrogens (primary N) is 1. The Morgan fingerprint density at radius 3 is 2.85 bits per heavy atom. The zero-order valence-electron chi connectivity index (χ0n) is 7.50. The van der Waals surface area contributed by atoms with Gasteiger partial charge in [0.2, 0.25) is 0 Å². The van der Waals surface area contributed by atoms with E-state index in [1.165, 1.54) is 0 Å². The first-order valence-corrected chi connectivity index (χ1v) is 3.97. The molecular weight excluding hydrogens is 164 g/mol. The minimum absolute atomic E-state index is 0.418. The SMILES string of the molecule is C=C/C=c1/[nH]c(C(N)=O)c/c1=C/C. The maximum atomic E-state index is 10.8. The molecule has 1 amide bonds. The number of aromatic amines is 1. The Morgan fingerprint density at radius 1 is 1.69 bits per heavy atom. The first kappa shape index (κ1) is 9.32. The van der Waals surface area contributed by atoms with Gasteiger partial charge in [-0.2, -0.15) is 0 Å². The quantitative estimate of drug-likeness (QED) is 0.648. The van der Waals surface area contributed by atoms with Crippen molar-refractivity contribution in [3.63, 3.8) is 0 Å². The summed E-state index contributed by atoms with van der Waals surface area (Å²) in [4.78, 5) is 13.7. The van der Waals surface area contributed by atoms with E-state index in [1.807, 2.05) is 13.0 Å². The number of carbonyl (C=O) groups excluding carboxylic acids is 1. The Bertz CT molecular complexity index is 440. The largest absolute Gasteiger partial charge is 0.364 e. The van der Waals surface area contributed by atoms with E-state index in [9.17, 15) is 4.79 Å². The lowest BCUT2D eigenvalue weighted by Crippen LogP contribution is -2.21. The number of amides is 1. The summed E-state index contributed by atoms with van der Waals surface area (Å²) in [5.74, 6) is -0.452. The normalized spacial score (nSPS) is 13.3. The van der Waals surface area contributed by atoms with Crippen molar-refractivity contribution >= 4 is 18.1 Å². The molecule has 3 N–H and O–H groups in total. The molecule has 68 valence electrons. The minimum atomic E-state index is -0.452. The van der Waals surface area contributed by atoms with Crippen molar-refractivity contribution in [3.05, 3.63) is 35.0 Å². The average Bonchev–Trinajstić information content (AvgIpc) is 2.48. The molecule has 3 nitrogen and oxygen atoms in total. The van der Waals surface area contributed by atoms with Gasteiger partial charge in [-0.1, -0.05) is 18.7 Å². The lowest BCUT2D eigenvalue weighted by Gasteiger charge is -1.83. The van der Waals surface area contributed by atoms with Crippen LogP contribution in [0.5, 0.6) is 0 Å². The van der Waals surface area contributed by atoms with E-state index in [0.717, 1.165) is 10.6 Å². The lowest BCUT2D eigenvalue weighted by molar-refractivity contribution is 0.0996. The molecule has 0 unspecified atom stereocenters. The van der Waals surface area contributed by atoms with Crippen molar-refractivity contribution in [2.75, 3.05) is 0 Å². The minimum Gasteiger partial charge on any atom is -0.364 e. The highest BCUT2D eigenvalue weighted by molar-refractivity contribution is 5.90. The summed E-state index contributed by atoms with van der Waals surface area (Å²) in [6, 6.07) is 1.72. The molecule has 0 radical (unpaired) electrons. The molecule has 0 aliphatic carbocycles. The van der Waals surface area contributed by atoms with Crippen molar-refractivity contribution in [2.24, 2.45) is 5.73 Å². The second-order valence-corrected chi connectivity index (χ2v) is 2.61. The molecule has 0 fully saturated rings. The number of hydrogen-bond acceptors (Lipinski definition) is 1. The van der Waals surface area contributed by atoms with Crippen LogP contribution in [0.2, 0.25) is 0 Å². The third kappa shape index (κ3) is 1.87. The summed E-state index contributed by atoms with van der Waals surface area (Å²) in [6.45, 7) is 5.48. The standard InChI is InChI=1S/C10H12N2O/c1-3-5-8-7(4-2)6-9(12-8)10(11)13/h3-6,12H,1H2,2H3,(H2,11,13)/b7-4-,8-5+. The zero-order chi connectivity index (χ0) is 9.84. The van der Waals surface area contributed by atoms with E-state index in [0.29, 0.717) is 5.69 Å². The van der Waals surface area contributed by atoms with Gasteiger partial charge in [0, 0.05) is 5.35 Å². The molecule has 0 atom stereocenters. The number of rotatable bonds is 2.